The van der Waals surface area contributed by atoms with E-state index in [2.05, 4.69) is 10.3 Å². The van der Waals surface area contributed by atoms with E-state index in [1.165, 1.54) is 0 Å². The summed E-state index contributed by atoms with van der Waals surface area (Å²) >= 11 is 12.0. The molecular formula is C12H12Cl2N2. The Bertz CT molecular complexity index is 512. The summed E-state index contributed by atoms with van der Waals surface area (Å²) in [6.45, 7) is 0.910. The normalized spacial score (nSPS) is 10.9. The summed E-state index contributed by atoms with van der Waals surface area (Å²) in [4.78, 5) is 4.53. The third-order valence-corrected chi connectivity index (χ3v) is 2.94. The second kappa shape index (κ2) is 5.00. The Morgan fingerprint density at radius 2 is 2.06 bits per heavy atom. The molecule has 2 nitrogen and oxygen atoms in total. The van der Waals surface area contributed by atoms with E-state index in [1.54, 1.807) is 6.07 Å². The van der Waals surface area contributed by atoms with Crippen molar-refractivity contribution in [3.63, 3.8) is 0 Å². The van der Waals surface area contributed by atoms with Gasteiger partial charge in [0.2, 0.25) is 0 Å². The van der Waals surface area contributed by atoms with Crippen LogP contribution in [0.15, 0.2) is 24.3 Å². The molecule has 16 heavy (non-hydrogen) atoms. The number of hydrogen-bond acceptors (Lipinski definition) is 2. The van der Waals surface area contributed by atoms with Gasteiger partial charge in [-0.05, 0) is 31.3 Å². The molecule has 0 aliphatic heterocycles. The molecule has 0 bridgehead atoms. The molecule has 0 aliphatic rings. The number of halogens is 2. The third-order valence-electron chi connectivity index (χ3n) is 2.41. The van der Waals surface area contributed by atoms with Crippen molar-refractivity contribution in [2.24, 2.45) is 0 Å². The fourth-order valence-corrected chi connectivity index (χ4v) is 2.14. The van der Waals surface area contributed by atoms with Crippen LogP contribution >= 0.6 is 23.2 Å². The molecule has 0 atom stereocenters. The first-order valence-electron chi connectivity index (χ1n) is 5.10. The van der Waals surface area contributed by atoms with E-state index >= 15 is 0 Å². The summed E-state index contributed by atoms with van der Waals surface area (Å²) in [5, 5.41) is 5.31. The lowest BCUT2D eigenvalue weighted by Crippen LogP contribution is -2.11. The van der Waals surface area contributed by atoms with Gasteiger partial charge in [0, 0.05) is 29.1 Å². The summed E-state index contributed by atoms with van der Waals surface area (Å²) in [7, 11) is 1.93. The summed E-state index contributed by atoms with van der Waals surface area (Å²) < 4.78 is 0. The van der Waals surface area contributed by atoms with Crippen molar-refractivity contribution in [1.82, 2.24) is 10.3 Å². The average molecular weight is 255 g/mol. The van der Waals surface area contributed by atoms with Crippen LogP contribution in [0.2, 0.25) is 10.0 Å². The van der Waals surface area contributed by atoms with E-state index in [0.717, 1.165) is 29.6 Å². The molecule has 2 aromatic rings. The number of nitrogens with zero attached hydrogens (tertiary/aromatic N) is 1. The number of pyridine rings is 1. The lowest BCUT2D eigenvalue weighted by Gasteiger charge is -2.04. The van der Waals surface area contributed by atoms with E-state index < -0.39 is 0 Å². The van der Waals surface area contributed by atoms with E-state index in [1.807, 2.05) is 25.2 Å². The Labute approximate surface area is 105 Å². The molecule has 1 heterocycles. The predicted octanol–water partition coefficient (Wildman–Crippen LogP) is 3.30. The molecule has 0 fully saturated rings. The maximum Gasteiger partial charge on any atom is 0.0735 e. The van der Waals surface area contributed by atoms with Crippen LogP contribution in [0.5, 0.6) is 0 Å². The van der Waals surface area contributed by atoms with Gasteiger partial charge in [0.05, 0.1) is 10.5 Å². The molecule has 2 rings (SSSR count). The molecule has 0 spiro atoms. The van der Waals surface area contributed by atoms with Gasteiger partial charge in [-0.1, -0.05) is 23.2 Å². The number of aromatic nitrogens is 1. The fourth-order valence-electron chi connectivity index (χ4n) is 1.59. The Kier molecular flexibility index (Phi) is 3.64. The zero-order chi connectivity index (χ0) is 11.5. The van der Waals surface area contributed by atoms with E-state index in [-0.39, 0.29) is 0 Å². The highest BCUT2D eigenvalue weighted by atomic mass is 35.5. The van der Waals surface area contributed by atoms with Crippen molar-refractivity contribution in [3.8, 4) is 0 Å². The van der Waals surface area contributed by atoms with E-state index in [9.17, 15) is 0 Å². The van der Waals surface area contributed by atoms with Gasteiger partial charge in [0.1, 0.15) is 0 Å². The van der Waals surface area contributed by atoms with Crippen LogP contribution in [0.4, 0.5) is 0 Å². The molecular weight excluding hydrogens is 243 g/mol. The predicted molar refractivity (Wildman–Crippen MR) is 69.4 cm³/mol. The van der Waals surface area contributed by atoms with E-state index in [0.29, 0.717) is 10.0 Å². The molecule has 1 aromatic heterocycles. The second-order valence-electron chi connectivity index (χ2n) is 3.61. The zero-order valence-electron chi connectivity index (χ0n) is 8.93. The van der Waals surface area contributed by atoms with Crippen molar-refractivity contribution in [2.75, 3.05) is 13.6 Å². The van der Waals surface area contributed by atoms with Crippen molar-refractivity contribution in [2.45, 2.75) is 6.42 Å². The SMILES string of the molecule is CNCCc1ccc2c(Cl)cc(Cl)cc2n1. The van der Waals surface area contributed by atoms with Crippen molar-refractivity contribution >= 4 is 34.1 Å². The second-order valence-corrected chi connectivity index (χ2v) is 4.45. The maximum atomic E-state index is 6.08. The zero-order valence-corrected chi connectivity index (χ0v) is 10.4. The van der Waals surface area contributed by atoms with Crippen molar-refractivity contribution in [1.29, 1.82) is 0 Å². The minimum absolute atomic E-state index is 0.621. The molecule has 4 heteroatoms. The Morgan fingerprint density at radius 1 is 1.25 bits per heavy atom. The minimum Gasteiger partial charge on any atom is -0.319 e. The first kappa shape index (κ1) is 11.6. The van der Waals surface area contributed by atoms with Crippen LogP contribution in [0, 0.1) is 0 Å². The summed E-state index contributed by atoms with van der Waals surface area (Å²) in [6, 6.07) is 7.57. The van der Waals surface area contributed by atoms with Gasteiger partial charge in [-0.3, -0.25) is 4.98 Å². The average Bonchev–Trinajstić information content (AvgIpc) is 2.25. The highest BCUT2D eigenvalue weighted by Gasteiger charge is 2.03. The molecule has 0 saturated carbocycles. The summed E-state index contributed by atoms with van der Waals surface area (Å²) in [5.74, 6) is 0. The molecule has 1 aromatic carbocycles. The maximum absolute atomic E-state index is 6.08. The van der Waals surface area contributed by atoms with Gasteiger partial charge in [-0.2, -0.15) is 0 Å². The Balaban J connectivity index is 2.45. The largest absolute Gasteiger partial charge is 0.319 e. The Hall–Kier alpha value is -0.830. The monoisotopic (exact) mass is 254 g/mol. The van der Waals surface area contributed by atoms with Crippen molar-refractivity contribution in [3.05, 3.63) is 40.0 Å². The van der Waals surface area contributed by atoms with Gasteiger partial charge in [0.25, 0.3) is 0 Å². The first-order valence-corrected chi connectivity index (χ1v) is 5.85. The quantitative estimate of drug-likeness (QED) is 0.910. The number of hydrogen-bond donors (Lipinski definition) is 1. The number of likely N-dealkylation sites (N-methyl/N-ethyl adjacent to an activating group) is 1. The van der Waals surface area contributed by atoms with E-state index in [4.69, 9.17) is 23.2 Å². The molecule has 0 unspecified atom stereocenters. The van der Waals surface area contributed by atoms with Crippen LogP contribution < -0.4 is 5.32 Å². The topological polar surface area (TPSA) is 24.9 Å². The molecule has 0 aliphatic carbocycles. The molecule has 0 saturated heterocycles. The molecule has 1 N–H and O–H groups in total. The lowest BCUT2D eigenvalue weighted by molar-refractivity contribution is 0.779. The number of nitrogens with one attached hydrogen (secondary N) is 1. The van der Waals surface area contributed by atoms with Gasteiger partial charge >= 0.3 is 0 Å². The van der Waals surface area contributed by atoms with Crippen LogP contribution in [0.3, 0.4) is 0 Å². The van der Waals surface area contributed by atoms with Crippen LogP contribution in [-0.4, -0.2) is 18.6 Å². The number of benzene rings is 1. The van der Waals surface area contributed by atoms with Crippen molar-refractivity contribution < 1.29 is 0 Å². The fraction of sp³-hybridized carbons (Fsp3) is 0.250. The van der Waals surface area contributed by atoms with Crippen LogP contribution in [-0.2, 0) is 6.42 Å². The van der Waals surface area contributed by atoms with Crippen LogP contribution in [0.25, 0.3) is 10.9 Å². The Morgan fingerprint density at radius 3 is 2.81 bits per heavy atom. The van der Waals surface area contributed by atoms with Crippen LogP contribution in [0.1, 0.15) is 5.69 Å². The smallest absolute Gasteiger partial charge is 0.0735 e. The highest BCUT2D eigenvalue weighted by molar-refractivity contribution is 6.38. The van der Waals surface area contributed by atoms with Gasteiger partial charge in [0.15, 0.2) is 0 Å². The minimum atomic E-state index is 0.621. The lowest BCUT2D eigenvalue weighted by atomic mass is 10.2. The van der Waals surface area contributed by atoms with Gasteiger partial charge in [-0.25, -0.2) is 0 Å². The third kappa shape index (κ3) is 2.46. The number of fused-ring (bicyclic) bond motifs is 1. The highest BCUT2D eigenvalue weighted by Crippen LogP contribution is 2.26. The molecule has 84 valence electrons. The number of rotatable bonds is 3. The standard InChI is InChI=1S/C12H12Cl2N2/c1-15-5-4-9-2-3-10-11(14)6-8(13)7-12(10)16-9/h2-3,6-7,15H,4-5H2,1H3. The first-order chi connectivity index (χ1) is 7.70. The molecule has 0 radical (unpaired) electrons. The van der Waals surface area contributed by atoms with Gasteiger partial charge in [-0.15, -0.1) is 0 Å². The summed E-state index contributed by atoms with van der Waals surface area (Å²) in [5.41, 5.74) is 1.89. The summed E-state index contributed by atoms with van der Waals surface area (Å²) in [6.07, 6.45) is 0.899. The van der Waals surface area contributed by atoms with Gasteiger partial charge < -0.3 is 5.32 Å². The molecule has 0 amide bonds.